The van der Waals surface area contributed by atoms with Gasteiger partial charge >= 0.3 is 0 Å². The Hall–Kier alpha value is -2.43. The van der Waals surface area contributed by atoms with Crippen molar-refractivity contribution in [1.29, 1.82) is 0 Å². The van der Waals surface area contributed by atoms with Gasteiger partial charge in [-0.05, 0) is 32.0 Å². The lowest BCUT2D eigenvalue weighted by molar-refractivity contribution is 0.174. The first-order valence-corrected chi connectivity index (χ1v) is 6.43. The van der Waals surface area contributed by atoms with Gasteiger partial charge in [-0.2, -0.15) is 0 Å². The third-order valence-corrected chi connectivity index (χ3v) is 3.27. The topological polar surface area (TPSA) is 63.6 Å². The Morgan fingerprint density at radius 3 is 2.70 bits per heavy atom. The Morgan fingerprint density at radius 2 is 1.95 bits per heavy atom. The van der Waals surface area contributed by atoms with E-state index in [1.807, 2.05) is 26.0 Å². The second-order valence-electron chi connectivity index (χ2n) is 4.77. The van der Waals surface area contributed by atoms with Gasteiger partial charge in [-0.3, -0.25) is 4.98 Å². The van der Waals surface area contributed by atoms with Gasteiger partial charge < -0.3 is 19.9 Å². The number of fused-ring (bicyclic) bond motifs is 1. The molecule has 1 aromatic heterocycles. The van der Waals surface area contributed by atoms with Crippen molar-refractivity contribution in [2.45, 2.75) is 20.4 Å². The van der Waals surface area contributed by atoms with E-state index in [9.17, 15) is 5.11 Å². The van der Waals surface area contributed by atoms with Crippen LogP contribution >= 0.6 is 0 Å². The average Bonchev–Trinajstić information content (AvgIpc) is 2.84. The third-order valence-electron chi connectivity index (χ3n) is 3.27. The molecular formula is C15H16N2O3. The molecule has 0 atom stereocenters. The van der Waals surface area contributed by atoms with Crippen LogP contribution in [0, 0.1) is 13.8 Å². The van der Waals surface area contributed by atoms with Crippen molar-refractivity contribution in [2.24, 2.45) is 0 Å². The summed E-state index contributed by atoms with van der Waals surface area (Å²) in [5.74, 6) is 1.44. The number of aryl methyl sites for hydroxylation is 2. The minimum atomic E-state index is 0.194. The van der Waals surface area contributed by atoms with Crippen LogP contribution in [0.25, 0.3) is 0 Å². The van der Waals surface area contributed by atoms with E-state index < -0.39 is 0 Å². The number of ether oxygens (including phenoxy) is 2. The molecule has 0 fully saturated rings. The average molecular weight is 272 g/mol. The molecular weight excluding hydrogens is 256 g/mol. The van der Waals surface area contributed by atoms with Gasteiger partial charge in [-0.1, -0.05) is 0 Å². The van der Waals surface area contributed by atoms with E-state index in [2.05, 4.69) is 10.3 Å². The van der Waals surface area contributed by atoms with Crippen LogP contribution < -0.4 is 14.8 Å². The smallest absolute Gasteiger partial charge is 0.231 e. The van der Waals surface area contributed by atoms with Crippen LogP contribution in [0.1, 0.15) is 17.0 Å². The highest BCUT2D eigenvalue weighted by atomic mass is 16.7. The summed E-state index contributed by atoms with van der Waals surface area (Å²) in [4.78, 5) is 4.40. The summed E-state index contributed by atoms with van der Waals surface area (Å²) in [6, 6.07) is 7.32. The molecule has 1 aromatic carbocycles. The predicted octanol–water partition coefficient (Wildman–Crippen LogP) is 2.74. The summed E-state index contributed by atoms with van der Waals surface area (Å²) in [7, 11) is 0. The van der Waals surface area contributed by atoms with E-state index in [1.165, 1.54) is 0 Å². The van der Waals surface area contributed by atoms with Crippen LogP contribution in [0.15, 0.2) is 24.3 Å². The van der Waals surface area contributed by atoms with Crippen molar-refractivity contribution in [2.75, 3.05) is 12.1 Å². The van der Waals surface area contributed by atoms with Gasteiger partial charge in [-0.15, -0.1) is 0 Å². The van der Waals surface area contributed by atoms with Gasteiger partial charge in [0.2, 0.25) is 6.79 Å². The van der Waals surface area contributed by atoms with Crippen molar-refractivity contribution in [3.05, 3.63) is 41.2 Å². The number of hydrogen-bond acceptors (Lipinski definition) is 5. The van der Waals surface area contributed by atoms with Gasteiger partial charge in [0, 0.05) is 23.9 Å². The molecule has 2 N–H and O–H groups in total. The molecule has 1 aliphatic heterocycles. The van der Waals surface area contributed by atoms with E-state index in [-0.39, 0.29) is 12.5 Å². The van der Waals surface area contributed by atoms with Crippen molar-refractivity contribution in [1.82, 2.24) is 4.98 Å². The molecule has 2 heterocycles. The molecule has 3 rings (SSSR count). The predicted molar refractivity (Wildman–Crippen MR) is 75.3 cm³/mol. The maximum Gasteiger partial charge on any atom is 0.231 e. The van der Waals surface area contributed by atoms with Crippen LogP contribution in [0.3, 0.4) is 0 Å². The molecule has 0 saturated heterocycles. The Kier molecular flexibility index (Phi) is 3.10. The van der Waals surface area contributed by atoms with E-state index in [4.69, 9.17) is 9.47 Å². The number of aromatic nitrogens is 1. The fourth-order valence-corrected chi connectivity index (χ4v) is 2.18. The first-order valence-electron chi connectivity index (χ1n) is 6.43. The van der Waals surface area contributed by atoms with E-state index in [1.54, 1.807) is 12.1 Å². The molecule has 104 valence electrons. The molecule has 20 heavy (non-hydrogen) atoms. The van der Waals surface area contributed by atoms with Crippen LogP contribution in [0.4, 0.5) is 5.69 Å². The van der Waals surface area contributed by atoms with Crippen molar-refractivity contribution in [3.8, 4) is 17.2 Å². The van der Waals surface area contributed by atoms with E-state index in [0.717, 1.165) is 22.6 Å². The van der Waals surface area contributed by atoms with E-state index >= 15 is 0 Å². The fraction of sp³-hybridized carbons (Fsp3) is 0.267. The van der Waals surface area contributed by atoms with Crippen LogP contribution in [-0.2, 0) is 6.54 Å². The SMILES string of the molecule is Cc1ccc(NCc2cc3c(cc2O)OCO3)c(C)n1. The Balaban J connectivity index is 1.78. The standard InChI is InChI=1S/C15H16N2O3/c1-9-3-4-12(10(2)17-9)16-7-11-5-14-15(6-13(11)18)20-8-19-14/h3-6,16,18H,7-8H2,1-2H3. The number of nitrogens with zero attached hydrogens (tertiary/aromatic N) is 1. The second-order valence-corrected chi connectivity index (χ2v) is 4.77. The summed E-state index contributed by atoms with van der Waals surface area (Å²) >= 11 is 0. The molecule has 0 unspecified atom stereocenters. The van der Waals surface area contributed by atoms with Crippen LogP contribution in [0.2, 0.25) is 0 Å². The molecule has 0 amide bonds. The first kappa shape index (κ1) is 12.6. The normalized spacial score (nSPS) is 12.5. The molecule has 1 aliphatic rings. The second kappa shape index (κ2) is 4.92. The highest BCUT2D eigenvalue weighted by Gasteiger charge is 2.16. The summed E-state index contributed by atoms with van der Waals surface area (Å²) < 4.78 is 10.5. The van der Waals surface area contributed by atoms with Gasteiger partial charge in [0.05, 0.1) is 11.4 Å². The Labute approximate surface area is 117 Å². The van der Waals surface area contributed by atoms with Gasteiger partial charge in [-0.25, -0.2) is 0 Å². The van der Waals surface area contributed by atoms with Crippen molar-refractivity contribution >= 4 is 5.69 Å². The fourth-order valence-electron chi connectivity index (χ4n) is 2.18. The zero-order chi connectivity index (χ0) is 14.1. The number of phenols is 1. The molecule has 0 aliphatic carbocycles. The first-order chi connectivity index (χ1) is 9.63. The van der Waals surface area contributed by atoms with Gasteiger partial charge in [0.25, 0.3) is 0 Å². The molecule has 0 saturated carbocycles. The summed E-state index contributed by atoms with van der Waals surface area (Å²) in [6.07, 6.45) is 0. The van der Waals surface area contributed by atoms with Crippen molar-refractivity contribution in [3.63, 3.8) is 0 Å². The summed E-state index contributed by atoms with van der Waals surface area (Å²) in [5.41, 5.74) is 3.63. The molecule has 5 nitrogen and oxygen atoms in total. The molecule has 0 radical (unpaired) electrons. The third kappa shape index (κ3) is 2.34. The molecule has 5 heteroatoms. The van der Waals surface area contributed by atoms with Crippen LogP contribution in [-0.4, -0.2) is 16.9 Å². The number of phenolic OH excluding ortho intramolecular Hbond substituents is 1. The maximum absolute atomic E-state index is 9.97. The van der Waals surface area contributed by atoms with Gasteiger partial charge in [0.1, 0.15) is 5.75 Å². The minimum Gasteiger partial charge on any atom is -0.507 e. The van der Waals surface area contributed by atoms with Crippen molar-refractivity contribution < 1.29 is 14.6 Å². The number of anilines is 1. The summed E-state index contributed by atoms with van der Waals surface area (Å²) in [6.45, 7) is 4.61. The number of benzene rings is 1. The number of rotatable bonds is 3. The number of nitrogens with one attached hydrogen (secondary N) is 1. The highest BCUT2D eigenvalue weighted by molar-refractivity contribution is 5.54. The quantitative estimate of drug-likeness (QED) is 0.899. The zero-order valence-electron chi connectivity index (χ0n) is 11.4. The molecule has 0 bridgehead atoms. The molecule has 2 aromatic rings. The van der Waals surface area contributed by atoms with Crippen LogP contribution in [0.5, 0.6) is 17.2 Å². The highest BCUT2D eigenvalue weighted by Crippen LogP contribution is 2.37. The van der Waals surface area contributed by atoms with E-state index in [0.29, 0.717) is 18.0 Å². The summed E-state index contributed by atoms with van der Waals surface area (Å²) in [5, 5.41) is 13.2. The lowest BCUT2D eigenvalue weighted by Gasteiger charge is -2.11. The number of hydrogen-bond donors (Lipinski definition) is 2. The molecule has 0 spiro atoms. The zero-order valence-corrected chi connectivity index (χ0v) is 11.4. The number of pyridine rings is 1. The Morgan fingerprint density at radius 1 is 1.20 bits per heavy atom. The largest absolute Gasteiger partial charge is 0.507 e. The maximum atomic E-state index is 9.97. The Bertz CT molecular complexity index is 656. The lowest BCUT2D eigenvalue weighted by Crippen LogP contribution is -2.03. The lowest BCUT2D eigenvalue weighted by atomic mass is 10.1. The minimum absolute atomic E-state index is 0.194. The van der Waals surface area contributed by atoms with Gasteiger partial charge in [0.15, 0.2) is 11.5 Å². The number of aromatic hydroxyl groups is 1. The monoisotopic (exact) mass is 272 g/mol.